The highest BCUT2D eigenvalue weighted by Crippen LogP contribution is 2.27. The van der Waals surface area contributed by atoms with Crippen molar-refractivity contribution in [3.63, 3.8) is 0 Å². The van der Waals surface area contributed by atoms with E-state index in [9.17, 15) is 5.26 Å². The summed E-state index contributed by atoms with van der Waals surface area (Å²) >= 11 is 0. The van der Waals surface area contributed by atoms with Gasteiger partial charge in [-0.3, -0.25) is 0 Å². The number of nitrogens with zero attached hydrogens (tertiary/aromatic N) is 5. The fraction of sp³-hybridized carbons (Fsp3) is 0.308. The topological polar surface area (TPSA) is 97.7 Å². The van der Waals surface area contributed by atoms with Crippen molar-refractivity contribution in [3.05, 3.63) is 34.6 Å². The second kappa shape index (κ2) is 5.75. The first-order valence-corrected chi connectivity index (χ1v) is 6.11. The Bertz CT molecular complexity index is 741. The third kappa shape index (κ3) is 2.77. The Hall–Kier alpha value is -2.69. The summed E-state index contributed by atoms with van der Waals surface area (Å²) in [6.45, 7) is 6.96. The number of rotatable bonds is 3. The van der Waals surface area contributed by atoms with E-state index in [0.29, 0.717) is 23.0 Å². The molecule has 0 aromatic carbocycles. The van der Waals surface area contributed by atoms with Gasteiger partial charge in [0.25, 0.3) is 0 Å². The lowest BCUT2D eigenvalue weighted by Crippen LogP contribution is -2.05. The molecule has 2 rings (SSSR count). The fourth-order valence-electron chi connectivity index (χ4n) is 1.73. The quantitative estimate of drug-likeness (QED) is 0.478. The van der Waals surface area contributed by atoms with Crippen LogP contribution in [0, 0.1) is 39.0 Å². The van der Waals surface area contributed by atoms with Crippen LogP contribution in [0.4, 0.5) is 0 Å². The zero-order chi connectivity index (χ0) is 15.6. The number of hydrogen-bond acceptors (Lipinski definition) is 7. The van der Waals surface area contributed by atoms with Gasteiger partial charge in [0.1, 0.15) is 23.3 Å². The molecule has 8 heteroatoms. The Morgan fingerprint density at radius 3 is 2.33 bits per heavy atom. The van der Waals surface area contributed by atoms with E-state index in [4.69, 9.17) is 17.1 Å². The molecule has 0 aliphatic rings. The molecule has 0 N–H and O–H groups in total. The van der Waals surface area contributed by atoms with Crippen LogP contribution in [0.3, 0.4) is 0 Å². The molecule has 0 amide bonds. The molecule has 7 nitrogen and oxygen atoms in total. The third-order valence-corrected chi connectivity index (χ3v) is 2.88. The summed E-state index contributed by atoms with van der Waals surface area (Å²) in [5.74, 6) is 1.26. The Morgan fingerprint density at radius 1 is 1.14 bits per heavy atom. The molecule has 21 heavy (non-hydrogen) atoms. The zero-order valence-corrected chi connectivity index (χ0v) is 12.1. The van der Waals surface area contributed by atoms with Crippen molar-refractivity contribution in [1.82, 2.24) is 20.2 Å². The molecule has 0 bridgehead atoms. The lowest BCUT2D eigenvalue weighted by atomic mass is 10.1. The molecule has 0 atom stereocenters. The van der Waals surface area contributed by atoms with Crippen LogP contribution in [0.25, 0.3) is 11.3 Å². The molecular formula is C13H12BN5O2. The molecular weight excluding hydrogens is 269 g/mol. The second-order valence-electron chi connectivity index (χ2n) is 4.39. The standard InChI is InChI=1S/C13H12BN5O2/c1-6-8(3)20-13(17-6)10(5-15)12(21-14)11-7(2)16-9(4)18-19-11/h1-4H3. The van der Waals surface area contributed by atoms with Gasteiger partial charge in [0.05, 0.1) is 11.4 Å². The van der Waals surface area contributed by atoms with Gasteiger partial charge in [-0.05, 0) is 27.7 Å². The smallest absolute Gasteiger partial charge is 0.374 e. The van der Waals surface area contributed by atoms with Crippen LogP contribution in [0.15, 0.2) is 4.42 Å². The van der Waals surface area contributed by atoms with Crippen molar-refractivity contribution in [2.24, 2.45) is 0 Å². The van der Waals surface area contributed by atoms with Gasteiger partial charge in [0.15, 0.2) is 11.3 Å². The van der Waals surface area contributed by atoms with Gasteiger partial charge in [0.2, 0.25) is 5.89 Å². The van der Waals surface area contributed by atoms with Gasteiger partial charge < -0.3 is 9.07 Å². The minimum absolute atomic E-state index is 0.0243. The van der Waals surface area contributed by atoms with Gasteiger partial charge >= 0.3 is 8.05 Å². The molecule has 0 aliphatic carbocycles. The third-order valence-electron chi connectivity index (χ3n) is 2.88. The number of allylic oxidation sites excluding steroid dienone is 1. The molecule has 2 aromatic heterocycles. The zero-order valence-electron chi connectivity index (χ0n) is 12.1. The van der Waals surface area contributed by atoms with Crippen LogP contribution in [-0.4, -0.2) is 28.2 Å². The molecule has 0 saturated carbocycles. The van der Waals surface area contributed by atoms with Gasteiger partial charge in [-0.2, -0.15) is 5.26 Å². The van der Waals surface area contributed by atoms with E-state index in [1.807, 2.05) is 6.07 Å². The van der Waals surface area contributed by atoms with E-state index in [0.717, 1.165) is 0 Å². The van der Waals surface area contributed by atoms with Crippen LogP contribution in [0.1, 0.15) is 34.6 Å². The molecule has 0 spiro atoms. The van der Waals surface area contributed by atoms with Crippen molar-refractivity contribution in [1.29, 1.82) is 5.26 Å². The minimum atomic E-state index is 0.0243. The largest absolute Gasteiger partial charge is 0.565 e. The van der Waals surface area contributed by atoms with Crippen LogP contribution >= 0.6 is 0 Å². The monoisotopic (exact) mass is 281 g/mol. The van der Waals surface area contributed by atoms with Gasteiger partial charge in [0, 0.05) is 0 Å². The average Bonchev–Trinajstić information content (AvgIpc) is 2.76. The number of aryl methyl sites for hydroxylation is 4. The summed E-state index contributed by atoms with van der Waals surface area (Å²) in [7, 11) is 5.30. The molecule has 104 valence electrons. The van der Waals surface area contributed by atoms with Gasteiger partial charge in [-0.1, -0.05) is 0 Å². The molecule has 2 heterocycles. The average molecular weight is 281 g/mol. The van der Waals surface area contributed by atoms with E-state index in [-0.39, 0.29) is 22.9 Å². The number of aromatic nitrogens is 4. The second-order valence-corrected chi connectivity index (χ2v) is 4.39. The lowest BCUT2D eigenvalue weighted by molar-refractivity contribution is 0.508. The van der Waals surface area contributed by atoms with Crippen LogP contribution in [0.2, 0.25) is 0 Å². The Kier molecular flexibility index (Phi) is 4.03. The summed E-state index contributed by atoms with van der Waals surface area (Å²) in [6, 6.07) is 1.97. The summed E-state index contributed by atoms with van der Waals surface area (Å²) in [6.07, 6.45) is 0. The predicted octanol–water partition coefficient (Wildman–Crippen LogP) is 1.59. The highest BCUT2D eigenvalue weighted by molar-refractivity contribution is 6.05. The summed E-state index contributed by atoms with van der Waals surface area (Å²) in [5, 5.41) is 17.2. The molecule has 2 aromatic rings. The Labute approximate surface area is 123 Å². The minimum Gasteiger partial charge on any atom is -0.565 e. The first kappa shape index (κ1) is 14.7. The highest BCUT2D eigenvalue weighted by atomic mass is 16.4. The maximum absolute atomic E-state index is 9.38. The molecule has 0 aliphatic heterocycles. The van der Waals surface area contributed by atoms with Crippen LogP contribution in [-0.2, 0) is 4.65 Å². The van der Waals surface area contributed by atoms with Crippen molar-refractivity contribution in [3.8, 4) is 6.07 Å². The number of oxazole rings is 1. The molecule has 0 fully saturated rings. The highest BCUT2D eigenvalue weighted by Gasteiger charge is 2.21. The summed E-state index contributed by atoms with van der Waals surface area (Å²) in [5.41, 5.74) is 1.53. The summed E-state index contributed by atoms with van der Waals surface area (Å²) < 4.78 is 10.3. The van der Waals surface area contributed by atoms with Crippen LogP contribution < -0.4 is 0 Å². The number of nitriles is 1. The van der Waals surface area contributed by atoms with E-state index in [1.54, 1.807) is 27.7 Å². The first-order valence-electron chi connectivity index (χ1n) is 6.11. The molecule has 0 unspecified atom stereocenters. The van der Waals surface area contributed by atoms with Crippen molar-refractivity contribution < 1.29 is 9.07 Å². The SMILES string of the molecule is [B]OC(=C(C#N)c1nc(C)c(C)o1)c1nnc(C)nc1C. The Morgan fingerprint density at radius 2 is 1.86 bits per heavy atom. The van der Waals surface area contributed by atoms with Gasteiger partial charge in [-0.25, -0.2) is 9.97 Å². The van der Waals surface area contributed by atoms with E-state index < -0.39 is 0 Å². The molecule has 0 saturated heterocycles. The summed E-state index contributed by atoms with van der Waals surface area (Å²) in [4.78, 5) is 8.34. The normalized spacial score (nSPS) is 11.8. The van der Waals surface area contributed by atoms with E-state index in [1.165, 1.54) is 0 Å². The predicted molar refractivity (Wildman–Crippen MR) is 74.5 cm³/mol. The van der Waals surface area contributed by atoms with Crippen molar-refractivity contribution in [2.45, 2.75) is 27.7 Å². The van der Waals surface area contributed by atoms with Crippen molar-refractivity contribution in [2.75, 3.05) is 0 Å². The maximum Gasteiger partial charge on any atom is 0.374 e. The fourth-order valence-corrected chi connectivity index (χ4v) is 1.73. The van der Waals surface area contributed by atoms with E-state index >= 15 is 0 Å². The number of hydrogen-bond donors (Lipinski definition) is 0. The maximum atomic E-state index is 9.38. The Balaban J connectivity index is 2.67. The van der Waals surface area contributed by atoms with E-state index in [2.05, 4.69) is 20.2 Å². The van der Waals surface area contributed by atoms with Gasteiger partial charge in [-0.15, -0.1) is 10.2 Å². The first-order chi connectivity index (χ1) is 9.97. The van der Waals surface area contributed by atoms with Crippen LogP contribution in [0.5, 0.6) is 0 Å². The molecule has 2 radical (unpaired) electrons. The van der Waals surface area contributed by atoms with Crippen molar-refractivity contribution >= 4 is 19.4 Å². The lowest BCUT2D eigenvalue weighted by Gasteiger charge is -2.09.